The van der Waals surface area contributed by atoms with Crippen molar-refractivity contribution in [1.29, 1.82) is 10.5 Å². The summed E-state index contributed by atoms with van der Waals surface area (Å²) < 4.78 is 11.7. The van der Waals surface area contributed by atoms with Gasteiger partial charge in [0.05, 0.1) is 11.1 Å². The highest BCUT2D eigenvalue weighted by Crippen LogP contribution is 2.41. The smallest absolute Gasteiger partial charge is 0.179 e. The SMILES string of the molecule is CCc1ccc(Oc2ccc(C#N)c(C#N)c2)cc1C1C(=O)C(C)(C)OC(C)(C)C1=O. The van der Waals surface area contributed by atoms with Crippen LogP contribution in [0.5, 0.6) is 11.5 Å². The van der Waals surface area contributed by atoms with E-state index >= 15 is 0 Å². The maximum atomic E-state index is 13.2. The molecule has 1 aliphatic heterocycles. The minimum Gasteiger partial charge on any atom is -0.457 e. The van der Waals surface area contributed by atoms with Gasteiger partial charge in [0.1, 0.15) is 40.8 Å². The quantitative estimate of drug-likeness (QED) is 0.676. The van der Waals surface area contributed by atoms with Crippen LogP contribution in [0.15, 0.2) is 36.4 Å². The van der Waals surface area contributed by atoms with E-state index in [-0.39, 0.29) is 22.7 Å². The highest BCUT2D eigenvalue weighted by molar-refractivity contribution is 6.15. The summed E-state index contributed by atoms with van der Waals surface area (Å²) in [5.74, 6) is -0.699. The molecule has 0 atom stereocenters. The van der Waals surface area contributed by atoms with Crippen LogP contribution in [0.25, 0.3) is 0 Å². The Labute approximate surface area is 182 Å². The summed E-state index contributed by atoms with van der Waals surface area (Å²) in [6.07, 6.45) is 0.643. The zero-order chi connectivity index (χ0) is 23.0. The van der Waals surface area contributed by atoms with E-state index in [0.29, 0.717) is 23.5 Å². The van der Waals surface area contributed by atoms with Crippen molar-refractivity contribution in [2.75, 3.05) is 0 Å². The van der Waals surface area contributed by atoms with Crippen LogP contribution in [0.3, 0.4) is 0 Å². The first-order valence-electron chi connectivity index (χ1n) is 10.1. The van der Waals surface area contributed by atoms with Gasteiger partial charge < -0.3 is 9.47 Å². The highest BCUT2D eigenvalue weighted by atomic mass is 16.5. The fraction of sp³-hybridized carbons (Fsp3) is 0.360. The van der Waals surface area contributed by atoms with E-state index in [1.54, 1.807) is 45.9 Å². The van der Waals surface area contributed by atoms with E-state index < -0.39 is 17.1 Å². The maximum absolute atomic E-state index is 13.2. The lowest BCUT2D eigenvalue weighted by molar-refractivity contribution is -0.184. The Morgan fingerprint density at radius 2 is 1.45 bits per heavy atom. The topological polar surface area (TPSA) is 100 Å². The van der Waals surface area contributed by atoms with Gasteiger partial charge in [-0.2, -0.15) is 10.5 Å². The summed E-state index contributed by atoms with van der Waals surface area (Å²) in [6, 6.07) is 13.9. The zero-order valence-corrected chi connectivity index (χ0v) is 18.3. The number of Topliss-reactive ketones (excluding diaryl/α,β-unsaturated/α-hetero) is 2. The molecule has 0 saturated carbocycles. The molecule has 0 aromatic heterocycles. The zero-order valence-electron chi connectivity index (χ0n) is 18.3. The van der Waals surface area contributed by atoms with E-state index in [1.807, 2.05) is 25.1 Å². The first-order valence-corrected chi connectivity index (χ1v) is 10.1. The van der Waals surface area contributed by atoms with Gasteiger partial charge in [-0.1, -0.05) is 13.0 Å². The van der Waals surface area contributed by atoms with E-state index in [1.165, 1.54) is 12.1 Å². The molecular weight excluding hydrogens is 392 g/mol. The van der Waals surface area contributed by atoms with Crippen molar-refractivity contribution in [3.63, 3.8) is 0 Å². The molecule has 158 valence electrons. The summed E-state index contributed by atoms with van der Waals surface area (Å²) in [4.78, 5) is 26.4. The Morgan fingerprint density at radius 3 is 2.00 bits per heavy atom. The molecule has 0 bridgehead atoms. The van der Waals surface area contributed by atoms with Crippen LogP contribution in [-0.2, 0) is 20.7 Å². The molecule has 1 aliphatic rings. The lowest BCUT2D eigenvalue weighted by atomic mass is 9.73. The van der Waals surface area contributed by atoms with Crippen molar-refractivity contribution in [3.05, 3.63) is 58.7 Å². The molecule has 0 amide bonds. The molecule has 6 heteroatoms. The molecule has 1 fully saturated rings. The number of hydrogen-bond acceptors (Lipinski definition) is 6. The van der Waals surface area contributed by atoms with Crippen molar-refractivity contribution >= 4 is 11.6 Å². The molecule has 0 N–H and O–H groups in total. The Morgan fingerprint density at radius 1 is 0.903 bits per heavy atom. The number of nitriles is 2. The summed E-state index contributed by atoms with van der Waals surface area (Å²) in [5, 5.41) is 18.3. The number of rotatable bonds is 4. The molecule has 0 unspecified atom stereocenters. The molecule has 3 rings (SSSR count). The van der Waals surface area contributed by atoms with E-state index in [4.69, 9.17) is 14.7 Å². The number of hydrogen-bond donors (Lipinski definition) is 0. The Kier molecular flexibility index (Phi) is 5.72. The van der Waals surface area contributed by atoms with E-state index in [2.05, 4.69) is 0 Å². The third-order valence-corrected chi connectivity index (χ3v) is 5.50. The molecule has 1 saturated heterocycles. The van der Waals surface area contributed by atoms with Crippen molar-refractivity contribution in [2.45, 2.75) is 58.2 Å². The second kappa shape index (κ2) is 7.98. The van der Waals surface area contributed by atoms with Crippen LogP contribution >= 0.6 is 0 Å². The number of benzene rings is 2. The predicted octanol–water partition coefficient (Wildman–Crippen LogP) is 4.59. The lowest BCUT2D eigenvalue weighted by Crippen LogP contribution is -2.58. The standard InChI is InChI=1S/C25H24N2O4/c1-6-15-7-9-19(30-18-10-8-16(13-26)17(11-18)14-27)12-20(15)21-22(28)24(2,3)31-25(4,5)23(21)29/h7-12,21H,6H2,1-5H3. The van der Waals surface area contributed by atoms with Gasteiger partial charge in [-0.15, -0.1) is 0 Å². The normalized spacial score (nSPS) is 17.6. The number of nitrogens with zero attached hydrogens (tertiary/aromatic N) is 2. The maximum Gasteiger partial charge on any atom is 0.179 e. The Bertz CT molecular complexity index is 1120. The van der Waals surface area contributed by atoms with Gasteiger partial charge in [0.2, 0.25) is 0 Å². The van der Waals surface area contributed by atoms with Crippen LogP contribution in [0.2, 0.25) is 0 Å². The summed E-state index contributed by atoms with van der Waals surface area (Å²) in [6.45, 7) is 8.69. The van der Waals surface area contributed by atoms with Crippen LogP contribution in [-0.4, -0.2) is 22.8 Å². The van der Waals surface area contributed by atoms with Gasteiger partial charge in [-0.25, -0.2) is 0 Å². The molecule has 6 nitrogen and oxygen atoms in total. The number of ether oxygens (including phenoxy) is 2. The third-order valence-electron chi connectivity index (χ3n) is 5.50. The minimum atomic E-state index is -1.10. The molecule has 0 aliphatic carbocycles. The third kappa shape index (κ3) is 4.08. The average molecular weight is 416 g/mol. The fourth-order valence-electron chi connectivity index (χ4n) is 3.98. The van der Waals surface area contributed by atoms with Gasteiger partial charge in [-0.3, -0.25) is 9.59 Å². The van der Waals surface area contributed by atoms with Crippen molar-refractivity contribution < 1.29 is 19.1 Å². The molecular formula is C25H24N2O4. The lowest BCUT2D eigenvalue weighted by Gasteiger charge is -2.43. The van der Waals surface area contributed by atoms with Crippen LogP contribution in [0.4, 0.5) is 0 Å². The average Bonchev–Trinajstić information content (AvgIpc) is 2.72. The minimum absolute atomic E-state index is 0.212. The Balaban J connectivity index is 2.06. The predicted molar refractivity (Wildman–Crippen MR) is 114 cm³/mol. The van der Waals surface area contributed by atoms with Gasteiger partial charge >= 0.3 is 0 Å². The van der Waals surface area contributed by atoms with Crippen LogP contribution < -0.4 is 4.74 Å². The second-order valence-corrected chi connectivity index (χ2v) is 8.53. The molecule has 31 heavy (non-hydrogen) atoms. The second-order valence-electron chi connectivity index (χ2n) is 8.53. The molecule has 0 spiro atoms. The van der Waals surface area contributed by atoms with E-state index in [0.717, 1.165) is 5.56 Å². The summed E-state index contributed by atoms with van der Waals surface area (Å²) >= 11 is 0. The van der Waals surface area contributed by atoms with E-state index in [9.17, 15) is 14.9 Å². The summed E-state index contributed by atoms with van der Waals surface area (Å²) in [7, 11) is 0. The van der Waals surface area contributed by atoms with Crippen LogP contribution in [0, 0.1) is 22.7 Å². The molecule has 0 radical (unpaired) electrons. The van der Waals surface area contributed by atoms with Gasteiger partial charge in [0.15, 0.2) is 11.6 Å². The Hall–Kier alpha value is -3.48. The number of carbonyl (C=O) groups is 2. The van der Waals surface area contributed by atoms with Crippen LogP contribution in [0.1, 0.15) is 62.8 Å². The molecule has 2 aromatic rings. The van der Waals surface area contributed by atoms with Crippen molar-refractivity contribution in [1.82, 2.24) is 0 Å². The largest absolute Gasteiger partial charge is 0.457 e. The number of ketones is 2. The van der Waals surface area contributed by atoms with Crippen molar-refractivity contribution in [3.8, 4) is 23.6 Å². The molecule has 2 aromatic carbocycles. The van der Waals surface area contributed by atoms with Gasteiger partial charge in [0, 0.05) is 0 Å². The first-order chi connectivity index (χ1) is 14.5. The first kappa shape index (κ1) is 22.2. The number of carbonyl (C=O) groups excluding carboxylic acids is 2. The number of aryl methyl sites for hydroxylation is 1. The van der Waals surface area contributed by atoms with Crippen molar-refractivity contribution in [2.24, 2.45) is 0 Å². The monoisotopic (exact) mass is 416 g/mol. The van der Waals surface area contributed by atoms with Gasteiger partial charge in [-0.05, 0) is 75.6 Å². The summed E-state index contributed by atoms with van der Waals surface area (Å²) in [5.41, 5.74) is -0.237. The van der Waals surface area contributed by atoms with Gasteiger partial charge in [0.25, 0.3) is 0 Å². The fourth-order valence-corrected chi connectivity index (χ4v) is 3.98. The highest BCUT2D eigenvalue weighted by Gasteiger charge is 2.53. The molecule has 1 heterocycles.